The number of hydrogen-bond acceptors (Lipinski definition) is 0. The average Bonchev–Trinajstić information content (AvgIpc) is 2.23. The number of rotatable bonds is 1. The molecule has 0 saturated heterocycles. The molecule has 1 heteroatoms. The molecule has 2 saturated carbocycles. The fraction of sp³-hybridized carbons (Fsp3) is 1.00. The van der Waals surface area contributed by atoms with Crippen LogP contribution in [0.1, 0.15) is 58.8 Å². The molecular formula is C14H25F. The molecular weight excluding hydrogens is 187 g/mol. The highest BCUT2D eigenvalue weighted by Gasteiger charge is 2.33. The number of alkyl halides is 1. The van der Waals surface area contributed by atoms with Crippen molar-refractivity contribution in [2.24, 2.45) is 23.7 Å². The Kier molecular flexibility index (Phi) is 3.69. The maximum atomic E-state index is 13.7. The van der Waals surface area contributed by atoms with Gasteiger partial charge in [0.1, 0.15) is 6.17 Å². The Bertz CT molecular complexity index is 194. The van der Waals surface area contributed by atoms with Crippen molar-refractivity contribution in [1.29, 1.82) is 0 Å². The second-order valence-corrected chi connectivity index (χ2v) is 6.09. The Morgan fingerprint density at radius 3 is 2.00 bits per heavy atom. The van der Waals surface area contributed by atoms with Crippen molar-refractivity contribution in [2.45, 2.75) is 65.0 Å². The van der Waals surface area contributed by atoms with Crippen LogP contribution in [-0.4, -0.2) is 6.17 Å². The molecule has 0 spiro atoms. The van der Waals surface area contributed by atoms with Gasteiger partial charge in [-0.15, -0.1) is 0 Å². The lowest BCUT2D eigenvalue weighted by atomic mass is 9.69. The summed E-state index contributed by atoms with van der Waals surface area (Å²) >= 11 is 0. The lowest BCUT2D eigenvalue weighted by Crippen LogP contribution is -2.30. The van der Waals surface area contributed by atoms with E-state index in [2.05, 4.69) is 13.8 Å². The molecule has 0 aliphatic heterocycles. The van der Waals surface area contributed by atoms with Crippen LogP contribution in [0.15, 0.2) is 0 Å². The van der Waals surface area contributed by atoms with Crippen LogP contribution < -0.4 is 0 Å². The minimum atomic E-state index is -0.511. The summed E-state index contributed by atoms with van der Waals surface area (Å²) in [5, 5.41) is 0. The van der Waals surface area contributed by atoms with E-state index in [9.17, 15) is 4.39 Å². The van der Waals surface area contributed by atoms with E-state index in [1.165, 1.54) is 32.1 Å². The Hall–Kier alpha value is -0.0700. The monoisotopic (exact) mass is 212 g/mol. The maximum Gasteiger partial charge on any atom is 0.103 e. The zero-order valence-corrected chi connectivity index (χ0v) is 10.2. The second-order valence-electron chi connectivity index (χ2n) is 6.09. The Morgan fingerprint density at radius 2 is 1.40 bits per heavy atom. The summed E-state index contributed by atoms with van der Waals surface area (Å²) in [5.74, 6) is 2.81. The van der Waals surface area contributed by atoms with E-state index in [4.69, 9.17) is 0 Å². The zero-order valence-electron chi connectivity index (χ0n) is 10.2. The van der Waals surface area contributed by atoms with Gasteiger partial charge in [0, 0.05) is 0 Å². The smallest absolute Gasteiger partial charge is 0.103 e. The van der Waals surface area contributed by atoms with Crippen molar-refractivity contribution >= 4 is 0 Å². The molecule has 0 aromatic carbocycles. The van der Waals surface area contributed by atoms with Crippen LogP contribution in [0.3, 0.4) is 0 Å². The third-order valence-electron chi connectivity index (χ3n) is 4.87. The molecule has 2 aliphatic rings. The third-order valence-corrected chi connectivity index (χ3v) is 4.87. The summed E-state index contributed by atoms with van der Waals surface area (Å²) in [4.78, 5) is 0. The highest BCUT2D eigenvalue weighted by Crippen LogP contribution is 2.41. The molecule has 0 heterocycles. The van der Waals surface area contributed by atoms with Gasteiger partial charge in [-0.1, -0.05) is 26.7 Å². The quantitative estimate of drug-likeness (QED) is 0.596. The van der Waals surface area contributed by atoms with E-state index >= 15 is 0 Å². The molecule has 15 heavy (non-hydrogen) atoms. The highest BCUT2D eigenvalue weighted by molar-refractivity contribution is 4.84. The lowest BCUT2D eigenvalue weighted by molar-refractivity contribution is 0.0854. The minimum absolute atomic E-state index is 0.323. The molecule has 0 amide bonds. The van der Waals surface area contributed by atoms with Crippen molar-refractivity contribution in [3.8, 4) is 0 Å². The van der Waals surface area contributed by atoms with Gasteiger partial charge in [-0.05, 0) is 55.8 Å². The Labute approximate surface area is 93.6 Å². The van der Waals surface area contributed by atoms with Crippen molar-refractivity contribution in [3.63, 3.8) is 0 Å². The Morgan fingerprint density at radius 1 is 0.800 bits per heavy atom. The summed E-state index contributed by atoms with van der Waals surface area (Å²) in [6.45, 7) is 4.43. The summed E-state index contributed by atoms with van der Waals surface area (Å²) in [6, 6.07) is 0. The molecule has 2 aliphatic carbocycles. The van der Waals surface area contributed by atoms with E-state index in [0.717, 1.165) is 24.7 Å². The van der Waals surface area contributed by atoms with Gasteiger partial charge in [0.15, 0.2) is 0 Å². The first-order chi connectivity index (χ1) is 7.16. The van der Waals surface area contributed by atoms with E-state index in [1.54, 1.807) is 0 Å². The predicted octanol–water partition coefficient (Wildman–Crippen LogP) is 4.59. The average molecular weight is 212 g/mol. The first-order valence-electron chi connectivity index (χ1n) is 6.81. The van der Waals surface area contributed by atoms with Gasteiger partial charge >= 0.3 is 0 Å². The molecule has 0 N–H and O–H groups in total. The fourth-order valence-corrected chi connectivity index (χ4v) is 3.48. The standard InChI is InChI=1S/C14H25F/c1-10-3-6-12(7-4-10)13-8-5-11(2)14(15)9-13/h10-14H,3-9H2,1-2H3/t10?,11?,12?,13-,14?/m1/s1. The fourth-order valence-electron chi connectivity index (χ4n) is 3.48. The maximum absolute atomic E-state index is 13.7. The first-order valence-corrected chi connectivity index (χ1v) is 6.81. The van der Waals surface area contributed by atoms with E-state index in [-0.39, 0.29) is 0 Å². The molecule has 0 nitrogen and oxygen atoms in total. The first kappa shape index (κ1) is 11.4. The molecule has 2 unspecified atom stereocenters. The minimum Gasteiger partial charge on any atom is -0.247 e. The molecule has 0 radical (unpaired) electrons. The molecule has 2 fully saturated rings. The van der Waals surface area contributed by atoms with Gasteiger partial charge in [-0.25, -0.2) is 4.39 Å². The topological polar surface area (TPSA) is 0 Å². The van der Waals surface area contributed by atoms with Crippen LogP contribution in [0, 0.1) is 23.7 Å². The summed E-state index contributed by atoms with van der Waals surface area (Å²) in [5.41, 5.74) is 0. The Balaban J connectivity index is 1.84. The van der Waals surface area contributed by atoms with Gasteiger partial charge in [0.25, 0.3) is 0 Å². The van der Waals surface area contributed by atoms with Crippen LogP contribution >= 0.6 is 0 Å². The number of hydrogen-bond donors (Lipinski definition) is 0. The van der Waals surface area contributed by atoms with E-state index < -0.39 is 6.17 Å². The second kappa shape index (κ2) is 4.84. The van der Waals surface area contributed by atoms with Gasteiger partial charge < -0.3 is 0 Å². The van der Waals surface area contributed by atoms with Gasteiger partial charge in [0.2, 0.25) is 0 Å². The largest absolute Gasteiger partial charge is 0.247 e. The van der Waals surface area contributed by atoms with Crippen molar-refractivity contribution in [1.82, 2.24) is 0 Å². The zero-order chi connectivity index (χ0) is 10.8. The van der Waals surface area contributed by atoms with Gasteiger partial charge in [0.05, 0.1) is 0 Å². The third kappa shape index (κ3) is 2.73. The molecule has 88 valence electrons. The number of halogens is 1. The summed E-state index contributed by atoms with van der Waals surface area (Å²) in [6.07, 6.45) is 8.27. The van der Waals surface area contributed by atoms with E-state index in [0.29, 0.717) is 11.8 Å². The highest BCUT2D eigenvalue weighted by atomic mass is 19.1. The predicted molar refractivity (Wildman–Crippen MR) is 62.5 cm³/mol. The van der Waals surface area contributed by atoms with Crippen molar-refractivity contribution in [2.75, 3.05) is 0 Å². The lowest BCUT2D eigenvalue weighted by Gasteiger charge is -2.38. The summed E-state index contributed by atoms with van der Waals surface area (Å²) < 4.78 is 13.7. The molecule has 2 rings (SSSR count). The van der Waals surface area contributed by atoms with Crippen LogP contribution in [0.5, 0.6) is 0 Å². The van der Waals surface area contributed by atoms with Gasteiger partial charge in [-0.2, -0.15) is 0 Å². The van der Waals surface area contributed by atoms with E-state index in [1.807, 2.05) is 0 Å². The van der Waals surface area contributed by atoms with Crippen LogP contribution in [0.25, 0.3) is 0 Å². The normalized spacial score (nSPS) is 47.8. The molecule has 0 aromatic heterocycles. The van der Waals surface area contributed by atoms with Crippen molar-refractivity contribution in [3.05, 3.63) is 0 Å². The summed E-state index contributed by atoms with van der Waals surface area (Å²) in [7, 11) is 0. The SMILES string of the molecule is CC1CCC([C@@H]2CCC(C)C(F)C2)CC1. The van der Waals surface area contributed by atoms with Crippen molar-refractivity contribution < 1.29 is 4.39 Å². The van der Waals surface area contributed by atoms with Crippen LogP contribution in [0.2, 0.25) is 0 Å². The van der Waals surface area contributed by atoms with Gasteiger partial charge in [-0.3, -0.25) is 0 Å². The molecule has 0 aromatic rings. The van der Waals surface area contributed by atoms with Crippen LogP contribution in [0.4, 0.5) is 4.39 Å². The molecule has 0 bridgehead atoms. The molecule has 3 atom stereocenters. The van der Waals surface area contributed by atoms with Crippen LogP contribution in [-0.2, 0) is 0 Å².